The summed E-state index contributed by atoms with van der Waals surface area (Å²) in [6.45, 7) is 11.8. The summed E-state index contributed by atoms with van der Waals surface area (Å²) in [7, 11) is 0. The van der Waals surface area contributed by atoms with Crippen LogP contribution in [0.15, 0.2) is 4.99 Å². The highest BCUT2D eigenvalue weighted by Crippen LogP contribution is 2.28. The molecule has 2 saturated heterocycles. The van der Waals surface area contributed by atoms with Crippen LogP contribution >= 0.6 is 0 Å². The first-order chi connectivity index (χ1) is 8.68. The molecule has 2 aliphatic rings. The molecule has 0 aromatic heterocycles. The van der Waals surface area contributed by atoms with Crippen LogP contribution in [0, 0.1) is 0 Å². The van der Waals surface area contributed by atoms with Gasteiger partial charge in [0, 0.05) is 26.2 Å². The Morgan fingerprint density at radius 2 is 1.56 bits per heavy atom. The molecule has 0 aliphatic carbocycles. The van der Waals surface area contributed by atoms with Crippen LogP contribution < -0.4 is 0 Å². The molecule has 1 atom stereocenters. The highest BCUT2D eigenvalue weighted by molar-refractivity contribution is 5.84. The van der Waals surface area contributed by atoms with Crippen molar-refractivity contribution in [1.82, 2.24) is 9.80 Å². The lowest BCUT2D eigenvalue weighted by Gasteiger charge is -2.27. The van der Waals surface area contributed by atoms with Gasteiger partial charge >= 0.3 is 0 Å². The lowest BCUT2D eigenvalue weighted by molar-refractivity contribution is 0.375. The SMILES string of the molecule is CCCCCC(C)(CCC)N=C(N1CC1)N1CC1. The molecule has 0 aromatic carbocycles. The molecule has 18 heavy (non-hydrogen) atoms. The summed E-state index contributed by atoms with van der Waals surface area (Å²) < 4.78 is 0. The zero-order chi connectivity index (χ0) is 13.0. The van der Waals surface area contributed by atoms with Crippen molar-refractivity contribution in [2.24, 2.45) is 4.99 Å². The molecule has 2 aliphatic heterocycles. The van der Waals surface area contributed by atoms with Crippen LogP contribution in [0.25, 0.3) is 0 Å². The first-order valence-electron chi connectivity index (χ1n) is 7.78. The van der Waals surface area contributed by atoms with Crippen LogP contribution in [0.4, 0.5) is 0 Å². The van der Waals surface area contributed by atoms with Gasteiger partial charge in [0.1, 0.15) is 0 Å². The number of unbranched alkanes of at least 4 members (excludes halogenated alkanes) is 2. The predicted octanol–water partition coefficient (Wildman–Crippen LogP) is 3.11. The minimum Gasteiger partial charge on any atom is -0.339 e. The van der Waals surface area contributed by atoms with Crippen LogP contribution in [-0.2, 0) is 0 Å². The maximum Gasteiger partial charge on any atom is 0.197 e. The van der Waals surface area contributed by atoms with Gasteiger partial charge in [-0.1, -0.05) is 39.5 Å². The number of aliphatic imine (C=N–C) groups is 1. The Balaban J connectivity index is 1.99. The zero-order valence-corrected chi connectivity index (χ0v) is 12.4. The van der Waals surface area contributed by atoms with Gasteiger partial charge < -0.3 is 9.80 Å². The minimum absolute atomic E-state index is 0.171. The lowest BCUT2D eigenvalue weighted by atomic mass is 9.90. The molecule has 3 nitrogen and oxygen atoms in total. The van der Waals surface area contributed by atoms with Gasteiger partial charge in [-0.3, -0.25) is 0 Å². The van der Waals surface area contributed by atoms with Crippen molar-refractivity contribution >= 4 is 5.96 Å². The second-order valence-corrected chi connectivity index (χ2v) is 6.09. The zero-order valence-electron chi connectivity index (χ0n) is 12.4. The van der Waals surface area contributed by atoms with Crippen LogP contribution in [0.1, 0.15) is 59.3 Å². The molecule has 0 N–H and O–H groups in total. The van der Waals surface area contributed by atoms with Gasteiger partial charge in [-0.2, -0.15) is 0 Å². The summed E-state index contributed by atoms with van der Waals surface area (Å²) in [6.07, 6.45) is 7.68. The van der Waals surface area contributed by atoms with Crippen molar-refractivity contribution in [3.8, 4) is 0 Å². The Bertz CT molecular complexity index is 278. The van der Waals surface area contributed by atoms with Gasteiger partial charge in [-0.05, 0) is 19.8 Å². The molecule has 3 heteroatoms. The van der Waals surface area contributed by atoms with Crippen molar-refractivity contribution < 1.29 is 0 Å². The smallest absolute Gasteiger partial charge is 0.197 e. The van der Waals surface area contributed by atoms with Gasteiger partial charge in [0.25, 0.3) is 0 Å². The largest absolute Gasteiger partial charge is 0.339 e. The van der Waals surface area contributed by atoms with Gasteiger partial charge in [-0.25, -0.2) is 4.99 Å². The van der Waals surface area contributed by atoms with Gasteiger partial charge in [-0.15, -0.1) is 0 Å². The Hall–Kier alpha value is -0.730. The molecule has 0 saturated carbocycles. The summed E-state index contributed by atoms with van der Waals surface area (Å²) in [5.74, 6) is 1.29. The second kappa shape index (κ2) is 5.94. The Labute approximate surface area is 112 Å². The average molecular weight is 251 g/mol. The molecule has 0 spiro atoms. The van der Waals surface area contributed by atoms with E-state index >= 15 is 0 Å². The molecular weight excluding hydrogens is 222 g/mol. The van der Waals surface area contributed by atoms with Crippen molar-refractivity contribution in [3.05, 3.63) is 0 Å². The van der Waals surface area contributed by atoms with Gasteiger partial charge in [0.2, 0.25) is 0 Å². The summed E-state index contributed by atoms with van der Waals surface area (Å²) >= 11 is 0. The van der Waals surface area contributed by atoms with E-state index in [9.17, 15) is 0 Å². The topological polar surface area (TPSA) is 18.4 Å². The molecule has 0 amide bonds. The standard InChI is InChI=1S/C15H29N3/c1-4-6-7-9-15(3,8-5-2)16-14(17-10-11-17)18-12-13-18/h4-13H2,1-3H3. The second-order valence-electron chi connectivity index (χ2n) is 6.09. The molecule has 2 rings (SSSR count). The van der Waals surface area contributed by atoms with E-state index in [-0.39, 0.29) is 5.54 Å². The number of guanidine groups is 1. The highest BCUT2D eigenvalue weighted by Gasteiger charge is 2.35. The molecule has 1 unspecified atom stereocenters. The summed E-state index contributed by atoms with van der Waals surface area (Å²) in [5, 5.41) is 0. The van der Waals surface area contributed by atoms with E-state index in [2.05, 4.69) is 30.6 Å². The van der Waals surface area contributed by atoms with Crippen LogP contribution in [0.2, 0.25) is 0 Å². The Morgan fingerprint density at radius 1 is 0.944 bits per heavy atom. The number of hydrogen-bond donors (Lipinski definition) is 0. The maximum atomic E-state index is 5.16. The molecular formula is C15H29N3. The van der Waals surface area contributed by atoms with E-state index in [4.69, 9.17) is 4.99 Å². The lowest BCUT2D eigenvalue weighted by Crippen LogP contribution is -2.30. The molecule has 2 heterocycles. The van der Waals surface area contributed by atoms with Crippen molar-refractivity contribution in [2.75, 3.05) is 26.2 Å². The van der Waals surface area contributed by atoms with E-state index in [1.807, 2.05) is 0 Å². The Morgan fingerprint density at radius 3 is 2.00 bits per heavy atom. The first kappa shape index (κ1) is 13.7. The van der Waals surface area contributed by atoms with Crippen LogP contribution in [0.5, 0.6) is 0 Å². The summed E-state index contributed by atoms with van der Waals surface area (Å²) in [6, 6.07) is 0. The predicted molar refractivity (Wildman–Crippen MR) is 78.0 cm³/mol. The fraction of sp³-hybridized carbons (Fsp3) is 0.933. The number of rotatable bonds is 7. The van der Waals surface area contributed by atoms with E-state index in [1.54, 1.807) is 0 Å². The average Bonchev–Trinajstić information content (AvgIpc) is 3.18. The molecule has 0 bridgehead atoms. The van der Waals surface area contributed by atoms with Gasteiger partial charge in [0.05, 0.1) is 5.54 Å². The van der Waals surface area contributed by atoms with E-state index < -0.39 is 0 Å². The number of hydrogen-bond acceptors (Lipinski definition) is 1. The monoisotopic (exact) mass is 251 g/mol. The molecule has 104 valence electrons. The minimum atomic E-state index is 0.171. The molecule has 2 fully saturated rings. The van der Waals surface area contributed by atoms with Crippen molar-refractivity contribution in [3.63, 3.8) is 0 Å². The quantitative estimate of drug-likeness (QED) is 0.299. The first-order valence-corrected chi connectivity index (χ1v) is 7.78. The fourth-order valence-electron chi connectivity index (χ4n) is 2.61. The van der Waals surface area contributed by atoms with Crippen LogP contribution in [0.3, 0.4) is 0 Å². The fourth-order valence-corrected chi connectivity index (χ4v) is 2.61. The van der Waals surface area contributed by atoms with Crippen molar-refractivity contribution in [1.29, 1.82) is 0 Å². The van der Waals surface area contributed by atoms with E-state index in [0.717, 1.165) is 0 Å². The van der Waals surface area contributed by atoms with Crippen LogP contribution in [-0.4, -0.2) is 47.5 Å². The van der Waals surface area contributed by atoms with E-state index in [0.29, 0.717) is 0 Å². The highest BCUT2D eigenvalue weighted by atomic mass is 15.5. The summed E-state index contributed by atoms with van der Waals surface area (Å²) in [4.78, 5) is 10.00. The third-order valence-electron chi connectivity index (χ3n) is 3.94. The maximum absolute atomic E-state index is 5.16. The van der Waals surface area contributed by atoms with Crippen molar-refractivity contribution in [2.45, 2.75) is 64.8 Å². The third-order valence-corrected chi connectivity index (χ3v) is 3.94. The van der Waals surface area contributed by atoms with E-state index in [1.165, 1.54) is 70.7 Å². The normalized spacial score (nSPS) is 20.6. The molecule has 0 radical (unpaired) electrons. The molecule has 0 aromatic rings. The Kier molecular flexibility index (Phi) is 4.52. The summed E-state index contributed by atoms with van der Waals surface area (Å²) in [5.41, 5.74) is 0.171. The number of nitrogens with zero attached hydrogens (tertiary/aromatic N) is 3. The third kappa shape index (κ3) is 3.89. The van der Waals surface area contributed by atoms with Gasteiger partial charge in [0.15, 0.2) is 5.96 Å².